The average Bonchev–Trinajstić information content (AvgIpc) is 3.18. The fourth-order valence-corrected chi connectivity index (χ4v) is 7.41. The topological polar surface area (TPSA) is 26.0 Å². The van der Waals surface area contributed by atoms with Crippen LogP contribution in [0.25, 0.3) is 88.0 Å². The quantitative estimate of drug-likeness (QED) is 0.150. The second-order valence-corrected chi connectivity index (χ2v) is 12.7. The number of nitrogens with two attached hydrogens (primary N) is 1. The summed E-state index contributed by atoms with van der Waals surface area (Å²) >= 11 is 0. The van der Waals surface area contributed by atoms with Crippen molar-refractivity contribution in [1.82, 2.24) is 0 Å². The molecule has 0 saturated carbocycles. The molecule has 0 aliphatic rings. The van der Waals surface area contributed by atoms with Gasteiger partial charge in [-0.05, 0) is 119 Å². The van der Waals surface area contributed by atoms with Gasteiger partial charge in [-0.2, -0.15) is 0 Å². The third-order valence-corrected chi connectivity index (χ3v) is 9.79. The standard InChI is InChI=1S/C48H33N/c49-47-26-24-36(30-45(47)34-17-8-3-9-18-34)35-23-25-43-41-19-10-11-20-42(41)44-22-12-21-40(48(44)46(43)31-35)39-28-37(32-13-4-1-5-14-32)27-38(29-39)33-15-6-2-7-16-33/h1-31H,49H2. The molecule has 0 radical (unpaired) electrons. The number of benzene rings is 9. The summed E-state index contributed by atoms with van der Waals surface area (Å²) in [7, 11) is 0. The van der Waals surface area contributed by atoms with Gasteiger partial charge in [0.25, 0.3) is 0 Å². The Bertz CT molecular complexity index is 2580. The molecule has 0 heterocycles. The van der Waals surface area contributed by atoms with E-state index in [1.54, 1.807) is 0 Å². The van der Waals surface area contributed by atoms with Crippen LogP contribution in [0.2, 0.25) is 0 Å². The Morgan fingerprint density at radius 2 is 0.735 bits per heavy atom. The zero-order valence-electron chi connectivity index (χ0n) is 27.0. The van der Waals surface area contributed by atoms with Gasteiger partial charge in [-0.25, -0.2) is 0 Å². The molecule has 0 atom stereocenters. The second-order valence-electron chi connectivity index (χ2n) is 12.7. The lowest BCUT2D eigenvalue weighted by atomic mass is 9.86. The summed E-state index contributed by atoms with van der Waals surface area (Å²) in [6, 6.07) is 67.8. The van der Waals surface area contributed by atoms with Gasteiger partial charge < -0.3 is 5.73 Å². The molecule has 2 N–H and O–H groups in total. The Morgan fingerprint density at radius 3 is 1.39 bits per heavy atom. The van der Waals surface area contributed by atoms with Crippen molar-refractivity contribution in [2.45, 2.75) is 0 Å². The molecule has 9 aromatic carbocycles. The van der Waals surface area contributed by atoms with Crippen LogP contribution in [0.3, 0.4) is 0 Å². The first-order valence-electron chi connectivity index (χ1n) is 16.8. The molecular weight excluding hydrogens is 591 g/mol. The Kier molecular flexibility index (Phi) is 7.03. The number of nitrogen functional groups attached to an aromatic ring is 1. The SMILES string of the molecule is Nc1ccc(-c2ccc3c4ccccc4c4cccc(-c5cc(-c6ccccc6)cc(-c6ccccc6)c5)c4c3c2)cc1-c1ccccc1. The highest BCUT2D eigenvalue weighted by molar-refractivity contribution is 6.29. The molecule has 0 bridgehead atoms. The molecule has 0 spiro atoms. The normalized spacial score (nSPS) is 11.3. The van der Waals surface area contributed by atoms with Crippen LogP contribution in [0.15, 0.2) is 188 Å². The summed E-state index contributed by atoms with van der Waals surface area (Å²) in [6.45, 7) is 0. The van der Waals surface area contributed by atoms with Crippen LogP contribution in [0, 0.1) is 0 Å². The predicted octanol–water partition coefficient (Wildman–Crippen LogP) is 13.1. The van der Waals surface area contributed by atoms with E-state index in [2.05, 4.69) is 176 Å². The number of anilines is 1. The highest BCUT2D eigenvalue weighted by atomic mass is 14.6. The van der Waals surface area contributed by atoms with Gasteiger partial charge in [-0.15, -0.1) is 0 Å². The molecule has 1 nitrogen and oxygen atoms in total. The first-order chi connectivity index (χ1) is 24.2. The average molecular weight is 624 g/mol. The van der Waals surface area contributed by atoms with Gasteiger partial charge in [-0.3, -0.25) is 0 Å². The van der Waals surface area contributed by atoms with E-state index in [-0.39, 0.29) is 0 Å². The Balaban J connectivity index is 1.33. The molecule has 0 unspecified atom stereocenters. The number of hydrogen-bond donors (Lipinski definition) is 1. The van der Waals surface area contributed by atoms with Crippen molar-refractivity contribution in [3.05, 3.63) is 188 Å². The second kappa shape index (κ2) is 12.0. The van der Waals surface area contributed by atoms with Crippen molar-refractivity contribution >= 4 is 38.0 Å². The highest BCUT2D eigenvalue weighted by Gasteiger charge is 2.16. The zero-order valence-corrected chi connectivity index (χ0v) is 27.0. The molecule has 0 fully saturated rings. The van der Waals surface area contributed by atoms with Crippen LogP contribution >= 0.6 is 0 Å². The minimum atomic E-state index is 0.780. The van der Waals surface area contributed by atoms with E-state index in [9.17, 15) is 0 Å². The largest absolute Gasteiger partial charge is 0.398 e. The zero-order chi connectivity index (χ0) is 32.7. The summed E-state index contributed by atoms with van der Waals surface area (Å²) < 4.78 is 0. The minimum Gasteiger partial charge on any atom is -0.398 e. The summed E-state index contributed by atoms with van der Waals surface area (Å²) in [5.41, 5.74) is 19.0. The van der Waals surface area contributed by atoms with Crippen LogP contribution in [0.4, 0.5) is 5.69 Å². The van der Waals surface area contributed by atoms with E-state index >= 15 is 0 Å². The van der Waals surface area contributed by atoms with E-state index in [0.717, 1.165) is 22.4 Å². The first-order valence-corrected chi connectivity index (χ1v) is 16.8. The minimum absolute atomic E-state index is 0.780. The van der Waals surface area contributed by atoms with Gasteiger partial charge in [0.1, 0.15) is 0 Å². The molecule has 0 aliphatic carbocycles. The van der Waals surface area contributed by atoms with E-state index in [1.807, 2.05) is 12.1 Å². The maximum atomic E-state index is 6.52. The van der Waals surface area contributed by atoms with Crippen molar-refractivity contribution in [3.8, 4) is 55.6 Å². The summed E-state index contributed by atoms with van der Waals surface area (Å²) in [4.78, 5) is 0. The lowest BCUT2D eigenvalue weighted by Gasteiger charge is -2.17. The van der Waals surface area contributed by atoms with Crippen LogP contribution in [-0.4, -0.2) is 0 Å². The Morgan fingerprint density at radius 1 is 0.245 bits per heavy atom. The summed E-state index contributed by atoms with van der Waals surface area (Å²) in [6.07, 6.45) is 0. The molecule has 0 amide bonds. The van der Waals surface area contributed by atoms with Crippen LogP contribution < -0.4 is 5.73 Å². The molecule has 0 aromatic heterocycles. The van der Waals surface area contributed by atoms with Crippen molar-refractivity contribution in [1.29, 1.82) is 0 Å². The predicted molar refractivity (Wildman–Crippen MR) is 211 cm³/mol. The molecule has 9 rings (SSSR count). The summed E-state index contributed by atoms with van der Waals surface area (Å²) in [5.74, 6) is 0. The maximum Gasteiger partial charge on any atom is 0.0394 e. The third-order valence-electron chi connectivity index (χ3n) is 9.79. The first kappa shape index (κ1) is 28.8. The molecule has 230 valence electrons. The smallest absolute Gasteiger partial charge is 0.0394 e. The third kappa shape index (κ3) is 5.13. The van der Waals surface area contributed by atoms with Gasteiger partial charge in [0, 0.05) is 11.3 Å². The van der Waals surface area contributed by atoms with Crippen molar-refractivity contribution < 1.29 is 0 Å². The number of rotatable bonds is 5. The Hall–Kier alpha value is -6.44. The monoisotopic (exact) mass is 623 g/mol. The Labute approximate surface area is 286 Å². The van der Waals surface area contributed by atoms with Crippen molar-refractivity contribution in [3.63, 3.8) is 0 Å². The number of hydrogen-bond acceptors (Lipinski definition) is 1. The molecule has 9 aromatic rings. The lowest BCUT2D eigenvalue weighted by Crippen LogP contribution is -1.92. The van der Waals surface area contributed by atoms with Gasteiger partial charge >= 0.3 is 0 Å². The fourth-order valence-electron chi connectivity index (χ4n) is 7.41. The molecule has 1 heteroatoms. The molecule has 0 saturated heterocycles. The van der Waals surface area contributed by atoms with Gasteiger partial charge in [-0.1, -0.05) is 152 Å². The van der Waals surface area contributed by atoms with Gasteiger partial charge in [0.05, 0.1) is 0 Å². The van der Waals surface area contributed by atoms with Crippen LogP contribution in [0.1, 0.15) is 0 Å². The van der Waals surface area contributed by atoms with Crippen LogP contribution in [0.5, 0.6) is 0 Å². The summed E-state index contributed by atoms with van der Waals surface area (Å²) in [5, 5.41) is 7.54. The highest BCUT2D eigenvalue weighted by Crippen LogP contribution is 2.43. The molecule has 49 heavy (non-hydrogen) atoms. The maximum absolute atomic E-state index is 6.52. The van der Waals surface area contributed by atoms with Gasteiger partial charge in [0.2, 0.25) is 0 Å². The molecule has 0 aliphatic heterocycles. The lowest BCUT2D eigenvalue weighted by molar-refractivity contribution is 1.58. The molecular formula is C48H33N. The van der Waals surface area contributed by atoms with E-state index in [0.29, 0.717) is 0 Å². The van der Waals surface area contributed by atoms with E-state index < -0.39 is 0 Å². The van der Waals surface area contributed by atoms with E-state index in [1.165, 1.54) is 71.3 Å². The van der Waals surface area contributed by atoms with Crippen LogP contribution in [-0.2, 0) is 0 Å². The number of fused-ring (bicyclic) bond motifs is 6. The van der Waals surface area contributed by atoms with Crippen molar-refractivity contribution in [2.75, 3.05) is 5.73 Å². The van der Waals surface area contributed by atoms with Gasteiger partial charge in [0.15, 0.2) is 0 Å². The fraction of sp³-hybridized carbons (Fsp3) is 0. The van der Waals surface area contributed by atoms with Crippen molar-refractivity contribution in [2.24, 2.45) is 0 Å². The van der Waals surface area contributed by atoms with E-state index in [4.69, 9.17) is 5.73 Å².